The highest BCUT2D eigenvalue weighted by atomic mass is 15.1. The van der Waals surface area contributed by atoms with E-state index in [4.69, 9.17) is 5.73 Å². The van der Waals surface area contributed by atoms with Crippen molar-refractivity contribution in [2.75, 3.05) is 6.54 Å². The third-order valence-corrected chi connectivity index (χ3v) is 2.93. The van der Waals surface area contributed by atoms with Crippen LogP contribution < -0.4 is 5.73 Å². The van der Waals surface area contributed by atoms with E-state index >= 15 is 0 Å². The van der Waals surface area contributed by atoms with E-state index in [1.165, 1.54) is 16.7 Å². The van der Waals surface area contributed by atoms with E-state index in [9.17, 15) is 0 Å². The molecule has 0 saturated carbocycles. The fraction of sp³-hybridized carbons (Fsp3) is 0.308. The number of H-pyrrole nitrogens is 1. The lowest BCUT2D eigenvalue weighted by Gasteiger charge is -2.05. The number of hydrogen-bond donors (Lipinski definition) is 2. The Labute approximate surface area is 95.7 Å². The largest absolute Gasteiger partial charge is 0.330 e. The second-order valence-corrected chi connectivity index (χ2v) is 4.10. The molecule has 2 aromatic rings. The van der Waals surface area contributed by atoms with Crippen molar-refractivity contribution in [3.63, 3.8) is 0 Å². The van der Waals surface area contributed by atoms with Gasteiger partial charge in [-0.3, -0.25) is 5.10 Å². The lowest BCUT2D eigenvalue weighted by molar-refractivity contribution is 0.902. The van der Waals surface area contributed by atoms with E-state index in [1.54, 1.807) is 0 Å². The summed E-state index contributed by atoms with van der Waals surface area (Å²) in [6.45, 7) is 4.89. The Balaban J connectivity index is 2.42. The van der Waals surface area contributed by atoms with Crippen molar-refractivity contribution < 1.29 is 0 Å². The smallest absolute Gasteiger partial charge is 0.0568 e. The molecule has 1 aromatic heterocycles. The van der Waals surface area contributed by atoms with Crippen LogP contribution in [0.2, 0.25) is 0 Å². The number of hydrogen-bond acceptors (Lipinski definition) is 2. The maximum absolute atomic E-state index is 5.57. The van der Waals surface area contributed by atoms with E-state index < -0.39 is 0 Å². The van der Waals surface area contributed by atoms with Gasteiger partial charge in [-0.1, -0.05) is 18.2 Å². The minimum atomic E-state index is 0.639. The third-order valence-electron chi connectivity index (χ3n) is 2.93. The molecule has 16 heavy (non-hydrogen) atoms. The maximum Gasteiger partial charge on any atom is 0.0568 e. The van der Waals surface area contributed by atoms with Gasteiger partial charge < -0.3 is 5.73 Å². The Hall–Kier alpha value is -1.61. The summed E-state index contributed by atoms with van der Waals surface area (Å²) in [7, 11) is 0. The van der Waals surface area contributed by atoms with Crippen molar-refractivity contribution >= 4 is 0 Å². The molecule has 0 saturated heterocycles. The van der Waals surface area contributed by atoms with Crippen LogP contribution in [0.25, 0.3) is 11.1 Å². The van der Waals surface area contributed by atoms with Gasteiger partial charge in [-0.15, -0.1) is 0 Å². The van der Waals surface area contributed by atoms with Crippen molar-refractivity contribution in [3.8, 4) is 11.1 Å². The van der Waals surface area contributed by atoms with Gasteiger partial charge in [0.1, 0.15) is 0 Å². The summed E-state index contributed by atoms with van der Waals surface area (Å²) in [5.41, 5.74) is 11.7. The van der Waals surface area contributed by atoms with E-state index in [0.717, 1.165) is 17.7 Å². The van der Waals surface area contributed by atoms with Crippen molar-refractivity contribution in [2.24, 2.45) is 5.73 Å². The van der Waals surface area contributed by atoms with Gasteiger partial charge in [-0.05, 0) is 37.1 Å². The number of nitrogens with two attached hydrogens (primary N) is 1. The summed E-state index contributed by atoms with van der Waals surface area (Å²) in [5, 5.41) is 7.10. The molecular formula is C13H17N3. The van der Waals surface area contributed by atoms with Gasteiger partial charge in [-0.2, -0.15) is 5.10 Å². The van der Waals surface area contributed by atoms with Crippen molar-refractivity contribution in [3.05, 3.63) is 41.2 Å². The van der Waals surface area contributed by atoms with Gasteiger partial charge in [0.05, 0.1) is 6.20 Å². The van der Waals surface area contributed by atoms with E-state index in [-0.39, 0.29) is 0 Å². The first-order chi connectivity index (χ1) is 7.72. The Morgan fingerprint density at radius 1 is 1.25 bits per heavy atom. The van der Waals surface area contributed by atoms with Crippen molar-refractivity contribution in [1.82, 2.24) is 10.2 Å². The van der Waals surface area contributed by atoms with Gasteiger partial charge in [0.15, 0.2) is 0 Å². The van der Waals surface area contributed by atoms with Crippen LogP contribution in [0, 0.1) is 13.8 Å². The third kappa shape index (κ3) is 1.99. The number of rotatable bonds is 3. The summed E-state index contributed by atoms with van der Waals surface area (Å²) in [5.74, 6) is 0. The van der Waals surface area contributed by atoms with Crippen LogP contribution in [0.1, 0.15) is 16.8 Å². The topological polar surface area (TPSA) is 54.7 Å². The molecular weight excluding hydrogens is 198 g/mol. The number of aryl methyl sites for hydroxylation is 2. The summed E-state index contributed by atoms with van der Waals surface area (Å²) in [4.78, 5) is 0. The Morgan fingerprint density at radius 2 is 2.06 bits per heavy atom. The highest BCUT2D eigenvalue weighted by molar-refractivity contribution is 5.66. The fourth-order valence-electron chi connectivity index (χ4n) is 1.81. The van der Waals surface area contributed by atoms with Crippen molar-refractivity contribution in [1.29, 1.82) is 0 Å². The summed E-state index contributed by atoms with van der Waals surface area (Å²) in [6, 6.07) is 6.47. The lowest BCUT2D eigenvalue weighted by Crippen LogP contribution is -2.04. The van der Waals surface area contributed by atoms with Crippen LogP contribution in [0.5, 0.6) is 0 Å². The number of benzene rings is 1. The first-order valence-corrected chi connectivity index (χ1v) is 5.52. The van der Waals surface area contributed by atoms with Crippen LogP contribution in [-0.2, 0) is 6.42 Å². The molecule has 0 radical (unpaired) electrons. The van der Waals surface area contributed by atoms with Crippen molar-refractivity contribution in [2.45, 2.75) is 20.3 Å². The van der Waals surface area contributed by atoms with E-state index in [2.05, 4.69) is 42.2 Å². The molecule has 2 rings (SSSR count). The molecule has 0 spiro atoms. The SMILES string of the molecule is Cc1ccc(-c2cn[nH]c2CCN)cc1C. The predicted octanol–water partition coefficient (Wildman–Crippen LogP) is 2.19. The second-order valence-electron chi connectivity index (χ2n) is 4.10. The van der Waals surface area contributed by atoms with Gasteiger partial charge >= 0.3 is 0 Å². The van der Waals surface area contributed by atoms with Crippen LogP contribution in [0.3, 0.4) is 0 Å². The molecule has 3 nitrogen and oxygen atoms in total. The van der Waals surface area contributed by atoms with E-state index in [0.29, 0.717) is 6.54 Å². The predicted molar refractivity (Wildman–Crippen MR) is 66.3 cm³/mol. The minimum Gasteiger partial charge on any atom is -0.330 e. The van der Waals surface area contributed by atoms with Gasteiger partial charge in [0.2, 0.25) is 0 Å². The van der Waals surface area contributed by atoms with Gasteiger partial charge in [-0.25, -0.2) is 0 Å². The average molecular weight is 215 g/mol. The maximum atomic E-state index is 5.57. The highest BCUT2D eigenvalue weighted by Gasteiger charge is 2.07. The number of aromatic nitrogens is 2. The number of aromatic amines is 1. The first kappa shape index (κ1) is 10.9. The van der Waals surface area contributed by atoms with E-state index in [1.807, 2.05) is 6.20 Å². The zero-order chi connectivity index (χ0) is 11.5. The van der Waals surface area contributed by atoms with Crippen LogP contribution >= 0.6 is 0 Å². The molecule has 0 aliphatic heterocycles. The van der Waals surface area contributed by atoms with Gasteiger partial charge in [0.25, 0.3) is 0 Å². The summed E-state index contributed by atoms with van der Waals surface area (Å²) >= 11 is 0. The molecule has 0 atom stereocenters. The molecule has 0 amide bonds. The first-order valence-electron chi connectivity index (χ1n) is 5.52. The molecule has 0 bridgehead atoms. The van der Waals surface area contributed by atoms with Gasteiger partial charge in [0, 0.05) is 17.7 Å². The molecule has 1 heterocycles. The van der Waals surface area contributed by atoms with Crippen LogP contribution in [0.15, 0.2) is 24.4 Å². The molecule has 0 aliphatic carbocycles. The molecule has 1 aromatic carbocycles. The quantitative estimate of drug-likeness (QED) is 0.824. The zero-order valence-corrected chi connectivity index (χ0v) is 9.75. The normalized spacial score (nSPS) is 10.7. The summed E-state index contributed by atoms with van der Waals surface area (Å²) < 4.78 is 0. The van der Waals surface area contributed by atoms with Crippen LogP contribution in [0.4, 0.5) is 0 Å². The number of nitrogens with zero attached hydrogens (tertiary/aromatic N) is 1. The lowest BCUT2D eigenvalue weighted by atomic mass is 10.0. The average Bonchev–Trinajstić information content (AvgIpc) is 2.71. The number of nitrogens with one attached hydrogen (secondary N) is 1. The highest BCUT2D eigenvalue weighted by Crippen LogP contribution is 2.24. The molecule has 3 N–H and O–H groups in total. The minimum absolute atomic E-state index is 0.639. The standard InChI is InChI=1S/C13H17N3/c1-9-3-4-11(7-10(9)2)12-8-15-16-13(12)5-6-14/h3-4,7-8H,5-6,14H2,1-2H3,(H,15,16). The Bertz CT molecular complexity index is 486. The monoisotopic (exact) mass is 215 g/mol. The molecule has 84 valence electrons. The summed E-state index contributed by atoms with van der Waals surface area (Å²) in [6.07, 6.45) is 2.71. The second kappa shape index (κ2) is 4.49. The molecule has 0 unspecified atom stereocenters. The fourth-order valence-corrected chi connectivity index (χ4v) is 1.81. The molecule has 3 heteroatoms. The molecule has 0 aliphatic rings. The molecule has 0 fully saturated rings. The Morgan fingerprint density at radius 3 is 2.75 bits per heavy atom. The Kier molecular flexibility index (Phi) is 3.06. The van der Waals surface area contributed by atoms with Crippen LogP contribution in [-0.4, -0.2) is 16.7 Å². The zero-order valence-electron chi connectivity index (χ0n) is 9.75.